The normalized spacial score (nSPS) is 10.8. The Morgan fingerprint density at radius 2 is 2.05 bits per heavy atom. The fraction of sp³-hybridized carbons (Fsp3) is 0.375. The van der Waals surface area contributed by atoms with Gasteiger partial charge in [0.15, 0.2) is 0 Å². The summed E-state index contributed by atoms with van der Waals surface area (Å²) in [7, 11) is 0. The summed E-state index contributed by atoms with van der Waals surface area (Å²) < 4.78 is 0. The van der Waals surface area contributed by atoms with Gasteiger partial charge in [-0.15, -0.1) is 0 Å². The van der Waals surface area contributed by atoms with Gasteiger partial charge in [-0.25, -0.2) is 4.79 Å². The van der Waals surface area contributed by atoms with E-state index in [9.17, 15) is 9.59 Å². The Morgan fingerprint density at radius 3 is 2.62 bits per heavy atom. The minimum absolute atomic E-state index is 0.0459. The van der Waals surface area contributed by atoms with Gasteiger partial charge in [-0.1, -0.05) is 6.07 Å². The lowest BCUT2D eigenvalue weighted by Gasteiger charge is -2.21. The summed E-state index contributed by atoms with van der Waals surface area (Å²) in [6.07, 6.45) is 3.08. The Morgan fingerprint density at radius 1 is 1.33 bits per heavy atom. The van der Waals surface area contributed by atoms with Crippen LogP contribution in [0.25, 0.3) is 6.08 Å². The molecule has 1 aromatic carbocycles. The molecule has 21 heavy (non-hydrogen) atoms. The maximum atomic E-state index is 12.4. The molecule has 0 aliphatic heterocycles. The highest BCUT2D eigenvalue weighted by Crippen LogP contribution is 2.15. The fourth-order valence-electron chi connectivity index (χ4n) is 1.96. The van der Waals surface area contributed by atoms with Crippen molar-refractivity contribution in [2.45, 2.75) is 20.3 Å². The molecule has 0 radical (unpaired) electrons. The van der Waals surface area contributed by atoms with Crippen LogP contribution in [0.2, 0.25) is 0 Å². The van der Waals surface area contributed by atoms with E-state index in [1.807, 2.05) is 13.8 Å². The SMILES string of the molecule is CCN(CCCO)C(=O)c1ccc(C)c(/C=C/C(=O)O)c1. The smallest absolute Gasteiger partial charge is 0.328 e. The highest BCUT2D eigenvalue weighted by Gasteiger charge is 2.14. The van der Waals surface area contributed by atoms with Crippen LogP contribution < -0.4 is 0 Å². The third-order valence-electron chi connectivity index (χ3n) is 3.19. The number of amides is 1. The molecule has 5 heteroatoms. The van der Waals surface area contributed by atoms with Crippen LogP contribution >= 0.6 is 0 Å². The van der Waals surface area contributed by atoms with Crippen molar-refractivity contribution in [1.82, 2.24) is 4.90 Å². The number of carboxylic acid groups (broad SMARTS) is 1. The lowest BCUT2D eigenvalue weighted by Crippen LogP contribution is -2.32. The van der Waals surface area contributed by atoms with Crippen molar-refractivity contribution in [1.29, 1.82) is 0 Å². The molecule has 0 aromatic heterocycles. The zero-order valence-electron chi connectivity index (χ0n) is 12.4. The molecule has 114 valence electrons. The van der Waals surface area contributed by atoms with E-state index in [1.54, 1.807) is 23.1 Å². The first-order valence-corrected chi connectivity index (χ1v) is 6.91. The number of aliphatic hydroxyl groups excluding tert-OH is 1. The van der Waals surface area contributed by atoms with Crippen LogP contribution in [0.5, 0.6) is 0 Å². The van der Waals surface area contributed by atoms with E-state index in [-0.39, 0.29) is 12.5 Å². The quantitative estimate of drug-likeness (QED) is 0.753. The van der Waals surface area contributed by atoms with Crippen LogP contribution in [-0.4, -0.2) is 46.7 Å². The molecule has 0 heterocycles. The Balaban J connectivity index is 2.99. The van der Waals surface area contributed by atoms with Gasteiger partial charge in [-0.3, -0.25) is 4.79 Å². The first kappa shape index (κ1) is 16.9. The molecule has 0 aliphatic rings. The van der Waals surface area contributed by atoms with Crippen LogP contribution in [-0.2, 0) is 4.79 Å². The van der Waals surface area contributed by atoms with E-state index in [2.05, 4.69) is 0 Å². The van der Waals surface area contributed by atoms with Crippen molar-refractivity contribution in [2.24, 2.45) is 0 Å². The molecule has 2 N–H and O–H groups in total. The van der Waals surface area contributed by atoms with Gasteiger partial charge >= 0.3 is 5.97 Å². The number of hydrogen-bond acceptors (Lipinski definition) is 3. The summed E-state index contributed by atoms with van der Waals surface area (Å²) in [6.45, 7) is 4.85. The van der Waals surface area contributed by atoms with Gasteiger partial charge < -0.3 is 15.1 Å². The summed E-state index contributed by atoms with van der Waals surface area (Å²) in [6, 6.07) is 5.23. The summed E-state index contributed by atoms with van der Waals surface area (Å²) in [5.74, 6) is -1.14. The van der Waals surface area contributed by atoms with Crippen LogP contribution in [0.4, 0.5) is 0 Å². The summed E-state index contributed by atoms with van der Waals surface area (Å²) in [4.78, 5) is 24.6. The second-order valence-electron chi connectivity index (χ2n) is 4.70. The Hall–Kier alpha value is -2.14. The number of carbonyl (C=O) groups excluding carboxylic acids is 1. The molecule has 1 aromatic rings. The van der Waals surface area contributed by atoms with Gasteiger partial charge in [0.2, 0.25) is 0 Å². The number of aryl methyl sites for hydroxylation is 1. The number of carboxylic acids is 1. The number of carbonyl (C=O) groups is 2. The predicted molar refractivity (Wildman–Crippen MR) is 81.1 cm³/mol. The number of benzene rings is 1. The average Bonchev–Trinajstić information content (AvgIpc) is 2.46. The molecule has 0 bridgehead atoms. The number of hydrogen-bond donors (Lipinski definition) is 2. The number of rotatable bonds is 7. The third kappa shape index (κ3) is 5.04. The van der Waals surface area contributed by atoms with E-state index >= 15 is 0 Å². The lowest BCUT2D eigenvalue weighted by atomic mass is 10.0. The predicted octanol–water partition coefficient (Wildman–Crippen LogP) is 1.94. The topological polar surface area (TPSA) is 77.8 Å². The van der Waals surface area contributed by atoms with Crippen molar-refractivity contribution in [3.8, 4) is 0 Å². The van der Waals surface area contributed by atoms with E-state index in [0.717, 1.165) is 11.6 Å². The van der Waals surface area contributed by atoms with Crippen molar-refractivity contribution >= 4 is 18.0 Å². The second kappa shape index (κ2) is 8.21. The molecule has 0 saturated carbocycles. The Labute approximate surface area is 124 Å². The molecule has 0 saturated heterocycles. The monoisotopic (exact) mass is 291 g/mol. The van der Waals surface area contributed by atoms with Gasteiger partial charge in [-0.2, -0.15) is 0 Å². The lowest BCUT2D eigenvalue weighted by molar-refractivity contribution is -0.131. The Bertz CT molecular complexity index is 537. The maximum absolute atomic E-state index is 12.4. The first-order chi connectivity index (χ1) is 9.99. The minimum Gasteiger partial charge on any atom is -0.478 e. The van der Waals surface area contributed by atoms with Crippen LogP contribution in [0.3, 0.4) is 0 Å². The fourth-order valence-corrected chi connectivity index (χ4v) is 1.96. The van der Waals surface area contributed by atoms with E-state index in [1.165, 1.54) is 6.08 Å². The van der Waals surface area contributed by atoms with Gasteiger partial charge in [0.1, 0.15) is 0 Å². The molecular weight excluding hydrogens is 270 g/mol. The molecular formula is C16H21NO4. The summed E-state index contributed by atoms with van der Waals surface area (Å²) >= 11 is 0. The van der Waals surface area contributed by atoms with Crippen molar-refractivity contribution in [3.63, 3.8) is 0 Å². The molecule has 1 rings (SSSR count). The van der Waals surface area contributed by atoms with Crippen molar-refractivity contribution < 1.29 is 19.8 Å². The zero-order chi connectivity index (χ0) is 15.8. The van der Waals surface area contributed by atoms with E-state index < -0.39 is 5.97 Å². The van der Waals surface area contributed by atoms with Crippen molar-refractivity contribution in [3.05, 3.63) is 41.0 Å². The highest BCUT2D eigenvalue weighted by molar-refractivity contribution is 5.95. The van der Waals surface area contributed by atoms with Crippen LogP contribution in [0, 0.1) is 6.92 Å². The molecule has 5 nitrogen and oxygen atoms in total. The number of aliphatic hydroxyl groups is 1. The van der Waals surface area contributed by atoms with Crippen LogP contribution in [0.15, 0.2) is 24.3 Å². The first-order valence-electron chi connectivity index (χ1n) is 6.91. The molecule has 0 spiro atoms. The molecule has 0 unspecified atom stereocenters. The largest absolute Gasteiger partial charge is 0.478 e. The maximum Gasteiger partial charge on any atom is 0.328 e. The van der Waals surface area contributed by atoms with Crippen molar-refractivity contribution in [2.75, 3.05) is 19.7 Å². The highest BCUT2D eigenvalue weighted by atomic mass is 16.4. The van der Waals surface area contributed by atoms with Crippen LogP contribution in [0.1, 0.15) is 34.8 Å². The van der Waals surface area contributed by atoms with Gasteiger partial charge in [0.25, 0.3) is 5.91 Å². The van der Waals surface area contributed by atoms with Gasteiger partial charge in [-0.05, 0) is 49.6 Å². The molecule has 0 fully saturated rings. The minimum atomic E-state index is -1.02. The standard InChI is InChI=1S/C16H21NO4/c1-3-17(9-4-10-18)16(21)14-6-5-12(2)13(11-14)7-8-15(19)20/h5-8,11,18H,3-4,9-10H2,1-2H3,(H,19,20)/b8-7+. The summed E-state index contributed by atoms with van der Waals surface area (Å²) in [5.41, 5.74) is 2.13. The van der Waals surface area contributed by atoms with E-state index in [0.29, 0.717) is 30.6 Å². The third-order valence-corrected chi connectivity index (χ3v) is 3.19. The number of nitrogens with zero attached hydrogens (tertiary/aromatic N) is 1. The molecule has 0 atom stereocenters. The van der Waals surface area contributed by atoms with Gasteiger partial charge in [0, 0.05) is 31.3 Å². The Kier molecular flexibility index (Phi) is 6.62. The molecule has 1 amide bonds. The van der Waals surface area contributed by atoms with Gasteiger partial charge in [0.05, 0.1) is 0 Å². The second-order valence-corrected chi connectivity index (χ2v) is 4.70. The zero-order valence-corrected chi connectivity index (χ0v) is 12.4. The van der Waals surface area contributed by atoms with E-state index in [4.69, 9.17) is 10.2 Å². The summed E-state index contributed by atoms with van der Waals surface area (Å²) in [5, 5.41) is 17.5. The number of aliphatic carboxylic acids is 1. The average molecular weight is 291 g/mol. The molecule has 0 aliphatic carbocycles.